The number of hydrogen-bond donors (Lipinski definition) is 1. The Balaban J connectivity index is 2.17. The molecule has 0 fully saturated rings. The minimum absolute atomic E-state index is 0.377. The molecule has 0 saturated heterocycles. The van der Waals surface area contributed by atoms with Crippen molar-refractivity contribution in [3.63, 3.8) is 0 Å². The minimum atomic E-state index is 0.377. The van der Waals surface area contributed by atoms with E-state index in [1.54, 1.807) is 11.3 Å². The molecule has 0 saturated carbocycles. The average Bonchev–Trinajstić information content (AvgIpc) is 2.73. The number of hydrogen-bond acceptors (Lipinski definition) is 2. The van der Waals surface area contributed by atoms with Gasteiger partial charge in [-0.25, -0.2) is 0 Å². The lowest BCUT2D eigenvalue weighted by atomic mass is 10.0. The van der Waals surface area contributed by atoms with Gasteiger partial charge in [0.2, 0.25) is 0 Å². The third kappa shape index (κ3) is 3.53. The van der Waals surface area contributed by atoms with Crippen LogP contribution in [0, 0.1) is 3.57 Å². The maximum atomic E-state index is 3.59. The number of rotatable bonds is 4. The first-order valence-electron chi connectivity index (χ1n) is 5.35. The molecule has 1 heterocycles. The molecule has 1 unspecified atom stereocenters. The second kappa shape index (κ2) is 6.31. The van der Waals surface area contributed by atoms with Crippen LogP contribution in [0.1, 0.15) is 16.5 Å². The van der Waals surface area contributed by atoms with Crippen LogP contribution in [0.3, 0.4) is 0 Å². The van der Waals surface area contributed by atoms with Crippen molar-refractivity contribution in [2.24, 2.45) is 0 Å². The molecule has 1 aromatic heterocycles. The fourth-order valence-electron chi connectivity index (χ4n) is 1.74. The molecule has 0 radical (unpaired) electrons. The molecule has 0 aliphatic rings. The quantitative estimate of drug-likeness (QED) is 0.710. The topological polar surface area (TPSA) is 12.0 Å². The number of likely N-dealkylation sites (N-methyl/N-ethyl adjacent to an activating group) is 1. The van der Waals surface area contributed by atoms with E-state index in [0.29, 0.717) is 6.04 Å². The summed E-state index contributed by atoms with van der Waals surface area (Å²) in [6.45, 7) is 0. The second-order valence-electron chi connectivity index (χ2n) is 3.79. The highest BCUT2D eigenvalue weighted by atomic mass is 127. The zero-order chi connectivity index (χ0) is 12.3. The van der Waals surface area contributed by atoms with Gasteiger partial charge in [-0.15, -0.1) is 11.3 Å². The van der Waals surface area contributed by atoms with E-state index in [9.17, 15) is 0 Å². The van der Waals surface area contributed by atoms with Crippen molar-refractivity contribution < 1.29 is 0 Å². The highest BCUT2D eigenvalue weighted by Crippen LogP contribution is 2.28. The molecule has 0 amide bonds. The van der Waals surface area contributed by atoms with E-state index in [-0.39, 0.29) is 0 Å². The fraction of sp³-hybridized carbons (Fsp3) is 0.231. The summed E-state index contributed by atoms with van der Waals surface area (Å²) in [5, 5.41) is 5.51. The predicted octanol–water partition coefficient (Wildman–Crippen LogP) is 4.62. The molecule has 2 rings (SSSR count). The largest absolute Gasteiger partial charge is 0.313 e. The van der Waals surface area contributed by atoms with Crippen LogP contribution in [-0.4, -0.2) is 7.05 Å². The normalized spacial score (nSPS) is 12.6. The summed E-state index contributed by atoms with van der Waals surface area (Å²) in [7, 11) is 2.02. The van der Waals surface area contributed by atoms with Gasteiger partial charge in [0, 0.05) is 25.4 Å². The molecule has 0 aliphatic heterocycles. The second-order valence-corrected chi connectivity index (χ2v) is 6.89. The lowest BCUT2D eigenvalue weighted by molar-refractivity contribution is 0.595. The lowest BCUT2D eigenvalue weighted by Gasteiger charge is -2.16. The number of halogens is 2. The van der Waals surface area contributed by atoms with E-state index in [1.807, 2.05) is 7.05 Å². The minimum Gasteiger partial charge on any atom is -0.313 e. The van der Waals surface area contributed by atoms with E-state index in [2.05, 4.69) is 79.5 Å². The standard InChI is InChI=1S/C13H13BrINS/c1-16-12(8-13-11(14)6-7-17-13)9-2-4-10(15)5-3-9/h2-7,12,16H,8H2,1H3. The van der Waals surface area contributed by atoms with Crippen LogP contribution < -0.4 is 5.32 Å². The van der Waals surface area contributed by atoms with E-state index in [4.69, 9.17) is 0 Å². The zero-order valence-corrected chi connectivity index (χ0v) is 14.0. The smallest absolute Gasteiger partial charge is 0.0366 e. The van der Waals surface area contributed by atoms with Crippen molar-refractivity contribution in [2.75, 3.05) is 7.05 Å². The Morgan fingerprint density at radius 2 is 2.00 bits per heavy atom. The number of benzene rings is 1. The van der Waals surface area contributed by atoms with Gasteiger partial charge in [-0.2, -0.15) is 0 Å². The van der Waals surface area contributed by atoms with Gasteiger partial charge in [0.15, 0.2) is 0 Å². The Morgan fingerprint density at radius 3 is 2.53 bits per heavy atom. The molecule has 17 heavy (non-hydrogen) atoms. The number of thiophene rings is 1. The molecular formula is C13H13BrINS. The fourth-order valence-corrected chi connectivity index (χ4v) is 3.66. The first-order valence-corrected chi connectivity index (χ1v) is 8.10. The van der Waals surface area contributed by atoms with Crippen LogP contribution in [0.4, 0.5) is 0 Å². The van der Waals surface area contributed by atoms with Gasteiger partial charge in [0.25, 0.3) is 0 Å². The van der Waals surface area contributed by atoms with Crippen molar-refractivity contribution in [3.8, 4) is 0 Å². The third-order valence-electron chi connectivity index (χ3n) is 2.70. The highest BCUT2D eigenvalue weighted by Gasteiger charge is 2.12. The predicted molar refractivity (Wildman–Crippen MR) is 86.7 cm³/mol. The number of nitrogens with one attached hydrogen (secondary N) is 1. The molecule has 90 valence electrons. The van der Waals surface area contributed by atoms with Crippen molar-refractivity contribution in [2.45, 2.75) is 12.5 Å². The molecule has 0 aliphatic carbocycles. The first kappa shape index (κ1) is 13.5. The molecule has 2 aromatic rings. The molecule has 1 nitrogen and oxygen atoms in total. The van der Waals surface area contributed by atoms with Crippen LogP contribution in [0.15, 0.2) is 40.2 Å². The molecule has 1 N–H and O–H groups in total. The third-order valence-corrected chi connectivity index (χ3v) is 5.37. The van der Waals surface area contributed by atoms with Crippen molar-refractivity contribution >= 4 is 49.9 Å². The van der Waals surface area contributed by atoms with Gasteiger partial charge in [0.05, 0.1) is 0 Å². The highest BCUT2D eigenvalue weighted by molar-refractivity contribution is 14.1. The van der Waals surface area contributed by atoms with Gasteiger partial charge >= 0.3 is 0 Å². The summed E-state index contributed by atoms with van der Waals surface area (Å²) in [6.07, 6.45) is 1.02. The maximum Gasteiger partial charge on any atom is 0.0366 e. The molecule has 1 aromatic carbocycles. The first-order chi connectivity index (χ1) is 8.20. The SMILES string of the molecule is CNC(Cc1sccc1Br)c1ccc(I)cc1. The summed E-state index contributed by atoms with van der Waals surface area (Å²) in [5.74, 6) is 0. The maximum absolute atomic E-state index is 3.59. The molecular weight excluding hydrogens is 409 g/mol. The van der Waals surface area contributed by atoms with Gasteiger partial charge in [-0.1, -0.05) is 12.1 Å². The molecule has 0 spiro atoms. The molecule has 1 atom stereocenters. The van der Waals surface area contributed by atoms with E-state index in [0.717, 1.165) is 6.42 Å². The Kier molecular flexibility index (Phi) is 5.02. The monoisotopic (exact) mass is 421 g/mol. The Morgan fingerprint density at radius 1 is 1.29 bits per heavy atom. The van der Waals surface area contributed by atoms with Crippen molar-refractivity contribution in [3.05, 3.63) is 54.2 Å². The summed E-state index contributed by atoms with van der Waals surface area (Å²) >= 11 is 7.73. The van der Waals surface area contributed by atoms with Crippen molar-refractivity contribution in [1.29, 1.82) is 0 Å². The van der Waals surface area contributed by atoms with E-state index < -0.39 is 0 Å². The van der Waals surface area contributed by atoms with Gasteiger partial charge < -0.3 is 5.32 Å². The van der Waals surface area contributed by atoms with Gasteiger partial charge in [0.1, 0.15) is 0 Å². The van der Waals surface area contributed by atoms with Crippen LogP contribution in [0.5, 0.6) is 0 Å². The van der Waals surface area contributed by atoms with Gasteiger partial charge in [-0.3, -0.25) is 0 Å². The van der Waals surface area contributed by atoms with Crippen LogP contribution >= 0.6 is 49.9 Å². The summed E-state index contributed by atoms with van der Waals surface area (Å²) in [4.78, 5) is 1.39. The lowest BCUT2D eigenvalue weighted by Crippen LogP contribution is -2.18. The summed E-state index contributed by atoms with van der Waals surface area (Å²) in [6, 6.07) is 11.2. The van der Waals surface area contributed by atoms with Crippen LogP contribution in [-0.2, 0) is 6.42 Å². The summed E-state index contributed by atoms with van der Waals surface area (Å²) in [5.41, 5.74) is 1.34. The van der Waals surface area contributed by atoms with Crippen LogP contribution in [0.25, 0.3) is 0 Å². The Hall–Kier alpha value is 0.0900. The van der Waals surface area contributed by atoms with E-state index in [1.165, 1.54) is 18.5 Å². The van der Waals surface area contributed by atoms with Gasteiger partial charge in [-0.05, 0) is 74.7 Å². The van der Waals surface area contributed by atoms with Crippen LogP contribution in [0.2, 0.25) is 0 Å². The Bertz CT molecular complexity index is 480. The van der Waals surface area contributed by atoms with Crippen molar-refractivity contribution in [1.82, 2.24) is 5.32 Å². The molecule has 4 heteroatoms. The zero-order valence-electron chi connectivity index (χ0n) is 9.41. The Labute approximate surface area is 128 Å². The summed E-state index contributed by atoms with van der Waals surface area (Å²) < 4.78 is 2.49. The average molecular weight is 422 g/mol. The van der Waals surface area contributed by atoms with E-state index >= 15 is 0 Å². The molecule has 0 bridgehead atoms.